The Morgan fingerprint density at radius 3 is 2.68 bits per heavy atom. The van der Waals surface area contributed by atoms with Crippen LogP contribution in [-0.4, -0.2) is 28.8 Å². The van der Waals surface area contributed by atoms with Gasteiger partial charge >= 0.3 is 6.01 Å². The van der Waals surface area contributed by atoms with Crippen molar-refractivity contribution in [1.29, 1.82) is 0 Å². The number of carbonyl (C=O) groups excluding carboxylic acids is 1. The Kier molecular flexibility index (Phi) is 5.53. The van der Waals surface area contributed by atoms with Crippen LogP contribution in [0.25, 0.3) is 11.4 Å². The molecule has 3 rings (SSSR count). The average molecular weight is 400 g/mol. The zero-order chi connectivity index (χ0) is 17.5. The van der Waals surface area contributed by atoms with E-state index < -0.39 is 0 Å². The molecule has 1 aromatic heterocycles. The second kappa shape index (κ2) is 8.20. The number of anilines is 1. The zero-order valence-electron chi connectivity index (χ0n) is 13.0. The molecule has 0 aliphatic carbocycles. The molecule has 0 fully saturated rings. The van der Waals surface area contributed by atoms with Gasteiger partial charge in [0, 0.05) is 10.0 Å². The molecule has 2 N–H and O–H groups in total. The van der Waals surface area contributed by atoms with Gasteiger partial charge in [0.15, 0.2) is 0 Å². The summed E-state index contributed by atoms with van der Waals surface area (Å²) in [7, 11) is 0. The van der Waals surface area contributed by atoms with E-state index in [9.17, 15) is 4.79 Å². The number of nitrogens with zero attached hydrogens (tertiary/aromatic N) is 3. The van der Waals surface area contributed by atoms with Gasteiger partial charge in [0.25, 0.3) is 5.91 Å². The minimum absolute atomic E-state index is 0.0336. The fourth-order valence-electron chi connectivity index (χ4n) is 1.92. The van der Waals surface area contributed by atoms with Gasteiger partial charge in [0.1, 0.15) is 6.54 Å². The third kappa shape index (κ3) is 4.98. The zero-order valence-corrected chi connectivity index (χ0v) is 14.6. The summed E-state index contributed by atoms with van der Waals surface area (Å²) in [4.78, 5) is 15.9. The van der Waals surface area contributed by atoms with E-state index in [1.54, 1.807) is 6.21 Å². The minimum Gasteiger partial charge on any atom is -0.329 e. The topological polar surface area (TPSA) is 92.4 Å². The van der Waals surface area contributed by atoms with E-state index in [1.165, 1.54) is 0 Å². The van der Waals surface area contributed by atoms with Crippen LogP contribution in [0.2, 0.25) is 0 Å². The molecule has 0 atom stereocenters. The molecule has 0 saturated heterocycles. The van der Waals surface area contributed by atoms with Crippen molar-refractivity contribution in [2.45, 2.75) is 0 Å². The summed E-state index contributed by atoms with van der Waals surface area (Å²) in [6.07, 6.45) is 1.56. The Morgan fingerprint density at radius 1 is 1.16 bits per heavy atom. The molecule has 1 heterocycles. The lowest BCUT2D eigenvalue weighted by molar-refractivity contribution is -0.119. The van der Waals surface area contributed by atoms with Crippen LogP contribution in [0.15, 0.2) is 68.7 Å². The molecule has 0 aliphatic heterocycles. The van der Waals surface area contributed by atoms with Crippen LogP contribution in [-0.2, 0) is 4.79 Å². The molecular formula is C17H14BrN5O2. The quantitative estimate of drug-likeness (QED) is 0.490. The molecule has 0 spiro atoms. The summed E-state index contributed by atoms with van der Waals surface area (Å²) in [5.41, 5.74) is 4.13. The number of nitrogens with one attached hydrogen (secondary N) is 2. The molecule has 1 amide bonds. The second-order valence-electron chi connectivity index (χ2n) is 4.99. The third-order valence-electron chi connectivity index (χ3n) is 3.13. The van der Waals surface area contributed by atoms with Crippen molar-refractivity contribution in [2.24, 2.45) is 5.10 Å². The number of carbonyl (C=O) groups is 1. The first-order valence-corrected chi connectivity index (χ1v) is 8.20. The molecule has 8 heteroatoms. The number of hydrazone groups is 1. The minimum atomic E-state index is -0.326. The van der Waals surface area contributed by atoms with E-state index in [2.05, 4.69) is 41.9 Å². The smallest absolute Gasteiger partial charge is 0.322 e. The van der Waals surface area contributed by atoms with Crippen molar-refractivity contribution < 1.29 is 9.32 Å². The molecule has 126 valence electrons. The Bertz CT molecular complexity index is 862. The van der Waals surface area contributed by atoms with Crippen LogP contribution in [0, 0.1) is 0 Å². The Morgan fingerprint density at radius 2 is 1.92 bits per heavy atom. The summed E-state index contributed by atoms with van der Waals surface area (Å²) < 4.78 is 6.04. The summed E-state index contributed by atoms with van der Waals surface area (Å²) in [6, 6.07) is 17.1. The summed E-state index contributed by atoms with van der Waals surface area (Å²) >= 11 is 3.35. The highest BCUT2D eigenvalue weighted by Gasteiger charge is 2.08. The standard InChI is InChI=1S/C17H14BrN5O2/c18-14-8-6-12(7-9-14)10-20-22-15(24)11-19-17-21-16(23-25-17)13-4-2-1-3-5-13/h1-10H,11H2,(H,22,24)(H,19,21,23). The van der Waals surface area contributed by atoms with Gasteiger partial charge in [-0.1, -0.05) is 63.6 Å². The fraction of sp³-hybridized carbons (Fsp3) is 0.0588. The maximum absolute atomic E-state index is 11.8. The highest BCUT2D eigenvalue weighted by Crippen LogP contribution is 2.16. The molecular weight excluding hydrogens is 386 g/mol. The van der Waals surface area contributed by atoms with Crippen LogP contribution in [0.1, 0.15) is 5.56 Å². The maximum Gasteiger partial charge on any atom is 0.322 e. The number of rotatable bonds is 6. The van der Waals surface area contributed by atoms with E-state index >= 15 is 0 Å². The van der Waals surface area contributed by atoms with Crippen molar-refractivity contribution in [2.75, 3.05) is 11.9 Å². The summed E-state index contributed by atoms with van der Waals surface area (Å²) in [5, 5.41) is 10.5. The lowest BCUT2D eigenvalue weighted by atomic mass is 10.2. The van der Waals surface area contributed by atoms with E-state index in [0.717, 1.165) is 15.6 Å². The lowest BCUT2D eigenvalue weighted by Crippen LogP contribution is -2.25. The van der Waals surface area contributed by atoms with Gasteiger partial charge < -0.3 is 9.84 Å². The monoisotopic (exact) mass is 399 g/mol. The Hall–Kier alpha value is -3.00. The molecule has 25 heavy (non-hydrogen) atoms. The largest absolute Gasteiger partial charge is 0.329 e. The van der Waals surface area contributed by atoms with Crippen LogP contribution in [0.4, 0.5) is 6.01 Å². The highest BCUT2D eigenvalue weighted by atomic mass is 79.9. The first-order valence-electron chi connectivity index (χ1n) is 7.41. The van der Waals surface area contributed by atoms with Gasteiger partial charge in [-0.25, -0.2) is 5.43 Å². The number of amides is 1. The molecule has 2 aromatic carbocycles. The van der Waals surface area contributed by atoms with Gasteiger partial charge in [-0.3, -0.25) is 4.79 Å². The predicted molar refractivity (Wildman–Crippen MR) is 98.1 cm³/mol. The molecule has 0 saturated carbocycles. The number of benzene rings is 2. The Balaban J connectivity index is 1.48. The van der Waals surface area contributed by atoms with E-state index in [4.69, 9.17) is 4.52 Å². The maximum atomic E-state index is 11.8. The number of hydrogen-bond donors (Lipinski definition) is 2. The van der Waals surface area contributed by atoms with E-state index in [1.807, 2.05) is 54.6 Å². The molecule has 0 unspecified atom stereocenters. The van der Waals surface area contributed by atoms with Crippen molar-refractivity contribution >= 4 is 34.1 Å². The second-order valence-corrected chi connectivity index (χ2v) is 5.90. The predicted octanol–water partition coefficient (Wildman–Crippen LogP) is 3.06. The van der Waals surface area contributed by atoms with Gasteiger partial charge in [0.2, 0.25) is 5.82 Å². The van der Waals surface area contributed by atoms with Crippen molar-refractivity contribution in [3.63, 3.8) is 0 Å². The number of aromatic nitrogens is 2. The van der Waals surface area contributed by atoms with Gasteiger partial charge in [-0.2, -0.15) is 10.1 Å². The summed E-state index contributed by atoms with van der Waals surface area (Å²) in [5.74, 6) is 0.129. The first-order chi connectivity index (χ1) is 12.2. The van der Waals surface area contributed by atoms with Crippen LogP contribution < -0.4 is 10.7 Å². The molecule has 0 aliphatic rings. The first kappa shape index (κ1) is 16.8. The summed E-state index contributed by atoms with van der Waals surface area (Å²) in [6.45, 7) is -0.0336. The van der Waals surface area contributed by atoms with Crippen molar-refractivity contribution in [1.82, 2.24) is 15.6 Å². The van der Waals surface area contributed by atoms with Gasteiger partial charge in [-0.15, -0.1) is 0 Å². The number of halogens is 1. The third-order valence-corrected chi connectivity index (χ3v) is 3.66. The van der Waals surface area contributed by atoms with Crippen molar-refractivity contribution in [3.8, 4) is 11.4 Å². The highest BCUT2D eigenvalue weighted by molar-refractivity contribution is 9.10. The van der Waals surface area contributed by atoms with Crippen LogP contribution >= 0.6 is 15.9 Å². The van der Waals surface area contributed by atoms with Gasteiger partial charge in [-0.05, 0) is 17.7 Å². The SMILES string of the molecule is O=C(CNc1nc(-c2ccccc2)no1)NN=Cc1ccc(Br)cc1. The normalized spacial score (nSPS) is 10.8. The van der Waals surface area contributed by atoms with E-state index in [0.29, 0.717) is 5.82 Å². The average Bonchev–Trinajstić information content (AvgIpc) is 3.11. The van der Waals surface area contributed by atoms with E-state index in [-0.39, 0.29) is 18.5 Å². The fourth-order valence-corrected chi connectivity index (χ4v) is 2.19. The van der Waals surface area contributed by atoms with Gasteiger partial charge in [0.05, 0.1) is 6.21 Å². The number of hydrogen-bond acceptors (Lipinski definition) is 6. The molecule has 7 nitrogen and oxygen atoms in total. The molecule has 0 bridgehead atoms. The lowest BCUT2D eigenvalue weighted by Gasteiger charge is -1.99. The molecule has 0 radical (unpaired) electrons. The Labute approximate surface area is 152 Å². The van der Waals surface area contributed by atoms with Crippen LogP contribution in [0.3, 0.4) is 0 Å². The molecule has 3 aromatic rings. The van der Waals surface area contributed by atoms with Crippen molar-refractivity contribution in [3.05, 3.63) is 64.6 Å². The van der Waals surface area contributed by atoms with Crippen LogP contribution in [0.5, 0.6) is 0 Å².